The minimum absolute atomic E-state index is 0.118. The van der Waals surface area contributed by atoms with Gasteiger partial charge in [-0.3, -0.25) is 4.79 Å². The van der Waals surface area contributed by atoms with Crippen molar-refractivity contribution < 1.29 is 9.53 Å². The molecule has 30 heavy (non-hydrogen) atoms. The number of hydrogen-bond donors (Lipinski definition) is 0. The van der Waals surface area contributed by atoms with Crippen molar-refractivity contribution in [2.45, 2.75) is 17.1 Å². The van der Waals surface area contributed by atoms with Crippen LogP contribution in [0.15, 0.2) is 64.3 Å². The maximum absolute atomic E-state index is 13.3. The number of hydrogen-bond acceptors (Lipinski definition) is 6. The molecule has 4 rings (SSSR count). The van der Waals surface area contributed by atoms with E-state index in [1.807, 2.05) is 46.8 Å². The van der Waals surface area contributed by atoms with Gasteiger partial charge in [-0.25, -0.2) is 4.98 Å². The van der Waals surface area contributed by atoms with Crippen LogP contribution < -0.4 is 9.64 Å². The first-order valence-corrected chi connectivity index (χ1v) is 11.9. The van der Waals surface area contributed by atoms with E-state index in [1.54, 1.807) is 30.2 Å². The van der Waals surface area contributed by atoms with E-state index < -0.39 is 0 Å². The van der Waals surface area contributed by atoms with Gasteiger partial charge in [-0.05, 0) is 42.8 Å². The molecule has 3 aromatic rings. The maximum Gasteiger partial charge on any atom is 0.255 e. The van der Waals surface area contributed by atoms with Crippen molar-refractivity contribution in [2.75, 3.05) is 38.2 Å². The summed E-state index contributed by atoms with van der Waals surface area (Å²) in [6.07, 6.45) is 0.950. The Morgan fingerprint density at radius 2 is 1.93 bits per heavy atom. The second-order valence-corrected chi connectivity index (χ2v) is 8.83. The van der Waals surface area contributed by atoms with Gasteiger partial charge < -0.3 is 14.5 Å². The van der Waals surface area contributed by atoms with Crippen LogP contribution in [0.3, 0.4) is 0 Å². The van der Waals surface area contributed by atoms with E-state index in [0.29, 0.717) is 0 Å². The molecule has 2 heterocycles. The number of ether oxygens (including phenoxy) is 1. The molecule has 0 aliphatic carbocycles. The molecule has 1 aliphatic rings. The van der Waals surface area contributed by atoms with Crippen LogP contribution in [-0.4, -0.2) is 49.1 Å². The second-order valence-electron chi connectivity index (χ2n) is 7.10. The lowest BCUT2D eigenvalue weighted by atomic mass is 10.2. The van der Waals surface area contributed by atoms with Crippen LogP contribution in [0.5, 0.6) is 5.75 Å². The molecule has 0 bridgehead atoms. The largest absolute Gasteiger partial charge is 0.497 e. The van der Waals surface area contributed by atoms with Crippen LogP contribution in [-0.2, 0) is 5.75 Å². The van der Waals surface area contributed by atoms with E-state index in [0.717, 1.165) is 60.3 Å². The Bertz CT molecular complexity index is 961. The Kier molecular flexibility index (Phi) is 6.92. The van der Waals surface area contributed by atoms with Crippen molar-refractivity contribution in [3.8, 4) is 5.75 Å². The molecule has 0 saturated carbocycles. The number of anilines is 1. The van der Waals surface area contributed by atoms with Crippen LogP contribution in [0.4, 0.5) is 5.69 Å². The third kappa shape index (κ3) is 4.96. The van der Waals surface area contributed by atoms with Crippen molar-refractivity contribution in [3.05, 3.63) is 70.7 Å². The molecule has 0 unspecified atom stereocenters. The first kappa shape index (κ1) is 20.8. The zero-order valence-corrected chi connectivity index (χ0v) is 18.6. The molecule has 1 amide bonds. The Morgan fingerprint density at radius 3 is 2.70 bits per heavy atom. The first-order chi connectivity index (χ1) is 14.7. The lowest BCUT2D eigenvalue weighted by molar-refractivity contribution is 0.0763. The molecule has 1 saturated heterocycles. The molecule has 1 aliphatic heterocycles. The number of rotatable bonds is 6. The highest BCUT2D eigenvalue weighted by atomic mass is 32.2. The monoisotopic (exact) mass is 439 g/mol. The van der Waals surface area contributed by atoms with E-state index in [4.69, 9.17) is 4.74 Å². The van der Waals surface area contributed by atoms with Gasteiger partial charge in [0.25, 0.3) is 5.91 Å². The molecule has 2 aromatic carbocycles. The minimum Gasteiger partial charge on any atom is -0.497 e. The summed E-state index contributed by atoms with van der Waals surface area (Å²) in [4.78, 5) is 23.0. The predicted octanol–water partition coefficient (Wildman–Crippen LogP) is 4.80. The molecular formula is C23H25N3O2S2. The normalized spacial score (nSPS) is 14.4. The number of aromatic nitrogens is 1. The van der Waals surface area contributed by atoms with Gasteiger partial charge in [0.05, 0.1) is 23.9 Å². The molecule has 0 N–H and O–H groups in total. The van der Waals surface area contributed by atoms with Crippen molar-refractivity contribution >= 4 is 34.7 Å². The maximum atomic E-state index is 13.3. The van der Waals surface area contributed by atoms with Gasteiger partial charge in [0, 0.05) is 47.9 Å². The average molecular weight is 440 g/mol. The van der Waals surface area contributed by atoms with Crippen LogP contribution in [0.25, 0.3) is 0 Å². The molecule has 1 fully saturated rings. The first-order valence-electron chi connectivity index (χ1n) is 10.0. The number of methoxy groups -OCH3 is 1. The zero-order chi connectivity index (χ0) is 20.8. The molecule has 0 atom stereocenters. The van der Waals surface area contributed by atoms with Crippen molar-refractivity contribution in [2.24, 2.45) is 0 Å². The Balaban J connectivity index is 1.42. The van der Waals surface area contributed by atoms with Gasteiger partial charge in [-0.1, -0.05) is 12.1 Å². The molecule has 0 spiro atoms. The number of thiazole rings is 1. The highest BCUT2D eigenvalue weighted by molar-refractivity contribution is 7.98. The summed E-state index contributed by atoms with van der Waals surface area (Å²) < 4.78 is 5.26. The van der Waals surface area contributed by atoms with Crippen LogP contribution in [0.1, 0.15) is 22.5 Å². The second kappa shape index (κ2) is 10.00. The summed E-state index contributed by atoms with van der Waals surface area (Å²) in [5.74, 6) is 1.75. The Hall–Kier alpha value is -2.51. The van der Waals surface area contributed by atoms with Crippen molar-refractivity contribution in [3.63, 3.8) is 0 Å². The number of carbonyl (C=O) groups is 1. The summed E-state index contributed by atoms with van der Waals surface area (Å²) in [5, 5.41) is 2.06. The smallest absolute Gasteiger partial charge is 0.255 e. The number of amides is 1. The summed E-state index contributed by atoms with van der Waals surface area (Å²) in [6.45, 7) is 3.26. The third-order valence-corrected chi connectivity index (χ3v) is 6.94. The van der Waals surface area contributed by atoms with Gasteiger partial charge in [0.15, 0.2) is 0 Å². The standard InChI is InChI=1S/C23H25N3O2S2/c1-28-20-9-7-19(8-10-20)25-11-4-12-26(14-13-25)23(27)21-5-2-3-6-22(21)30-16-18-15-29-17-24-18/h2-3,5-10,15,17H,4,11-14,16H2,1H3. The molecule has 1 aromatic heterocycles. The van der Waals surface area contributed by atoms with Crippen LogP contribution in [0.2, 0.25) is 0 Å². The van der Waals surface area contributed by atoms with Crippen LogP contribution >= 0.6 is 23.1 Å². The van der Waals surface area contributed by atoms with Crippen LogP contribution in [0, 0.1) is 0 Å². The van der Waals surface area contributed by atoms with E-state index in [-0.39, 0.29) is 5.91 Å². The van der Waals surface area contributed by atoms with Crippen molar-refractivity contribution in [1.82, 2.24) is 9.88 Å². The van der Waals surface area contributed by atoms with E-state index in [1.165, 1.54) is 5.69 Å². The average Bonchev–Trinajstić information content (AvgIpc) is 3.20. The van der Waals surface area contributed by atoms with E-state index in [2.05, 4.69) is 27.4 Å². The number of carbonyl (C=O) groups excluding carboxylic acids is 1. The molecule has 156 valence electrons. The number of thioether (sulfide) groups is 1. The molecular weight excluding hydrogens is 414 g/mol. The van der Waals surface area contributed by atoms with E-state index in [9.17, 15) is 4.79 Å². The Labute approximate surface area is 185 Å². The van der Waals surface area contributed by atoms with E-state index >= 15 is 0 Å². The number of nitrogens with zero attached hydrogens (tertiary/aromatic N) is 3. The molecule has 0 radical (unpaired) electrons. The fourth-order valence-electron chi connectivity index (χ4n) is 3.57. The fourth-order valence-corrected chi connectivity index (χ4v) is 5.18. The Morgan fingerprint density at radius 1 is 1.10 bits per heavy atom. The summed E-state index contributed by atoms with van der Waals surface area (Å²) in [6, 6.07) is 16.1. The van der Waals surface area contributed by atoms with Gasteiger partial charge >= 0.3 is 0 Å². The minimum atomic E-state index is 0.118. The van der Waals surface area contributed by atoms with Gasteiger partial charge in [0.2, 0.25) is 0 Å². The lowest BCUT2D eigenvalue weighted by Crippen LogP contribution is -2.35. The molecule has 7 heteroatoms. The topological polar surface area (TPSA) is 45.7 Å². The highest BCUT2D eigenvalue weighted by Crippen LogP contribution is 2.28. The van der Waals surface area contributed by atoms with Gasteiger partial charge in [-0.2, -0.15) is 0 Å². The summed E-state index contributed by atoms with van der Waals surface area (Å²) >= 11 is 3.28. The highest BCUT2D eigenvalue weighted by Gasteiger charge is 2.22. The third-order valence-electron chi connectivity index (χ3n) is 5.20. The summed E-state index contributed by atoms with van der Waals surface area (Å²) in [5.41, 5.74) is 4.86. The SMILES string of the molecule is COc1ccc(N2CCCN(C(=O)c3ccccc3SCc3cscn3)CC2)cc1. The molecule has 5 nitrogen and oxygen atoms in total. The van der Waals surface area contributed by atoms with Crippen molar-refractivity contribution in [1.29, 1.82) is 0 Å². The lowest BCUT2D eigenvalue weighted by Gasteiger charge is -2.24. The quantitative estimate of drug-likeness (QED) is 0.517. The van der Waals surface area contributed by atoms with Gasteiger partial charge in [-0.15, -0.1) is 23.1 Å². The predicted molar refractivity (Wildman–Crippen MR) is 124 cm³/mol. The fraction of sp³-hybridized carbons (Fsp3) is 0.304. The number of benzene rings is 2. The zero-order valence-electron chi connectivity index (χ0n) is 17.0. The summed E-state index contributed by atoms with van der Waals surface area (Å²) in [7, 11) is 1.68. The van der Waals surface area contributed by atoms with Gasteiger partial charge in [0.1, 0.15) is 5.75 Å².